The molecule has 2 aromatic rings. The molecule has 0 saturated carbocycles. The normalized spacial score (nSPS) is 11.7. The third-order valence-electron chi connectivity index (χ3n) is 4.34. The number of nitrogens with zero attached hydrogens (tertiary/aromatic N) is 1. The van der Waals surface area contributed by atoms with Gasteiger partial charge in [0.2, 0.25) is 11.8 Å². The molecule has 1 unspecified atom stereocenters. The fourth-order valence-corrected chi connectivity index (χ4v) is 4.02. The van der Waals surface area contributed by atoms with Gasteiger partial charge in [0.05, 0.1) is 5.75 Å². The molecule has 1 N–H and O–H groups in total. The molecule has 0 spiro atoms. The highest BCUT2D eigenvalue weighted by Gasteiger charge is 2.27. The minimum Gasteiger partial charge on any atom is -0.357 e. The predicted octanol–water partition coefficient (Wildman–Crippen LogP) is 4.27. The van der Waals surface area contributed by atoms with Gasteiger partial charge in [0.25, 0.3) is 0 Å². The van der Waals surface area contributed by atoms with Gasteiger partial charge in [-0.1, -0.05) is 48.9 Å². The molecule has 28 heavy (non-hydrogen) atoms. The summed E-state index contributed by atoms with van der Waals surface area (Å²) in [7, 11) is 1.55. The molecule has 1 atom stereocenters. The van der Waals surface area contributed by atoms with Crippen molar-refractivity contribution in [3.05, 3.63) is 70.5 Å². The quantitative estimate of drug-likeness (QED) is 0.656. The van der Waals surface area contributed by atoms with Crippen LogP contribution in [0.5, 0.6) is 0 Å². The summed E-state index contributed by atoms with van der Waals surface area (Å²) in [6, 6.07) is 12.9. The van der Waals surface area contributed by atoms with Crippen LogP contribution in [0.2, 0.25) is 5.02 Å². The molecule has 4 nitrogen and oxygen atoms in total. The van der Waals surface area contributed by atoms with Gasteiger partial charge in [0.1, 0.15) is 11.9 Å². The maximum Gasteiger partial charge on any atom is 0.242 e. The average Bonchev–Trinajstić information content (AvgIpc) is 2.70. The van der Waals surface area contributed by atoms with E-state index in [0.29, 0.717) is 17.2 Å². The highest BCUT2D eigenvalue weighted by Crippen LogP contribution is 2.22. The van der Waals surface area contributed by atoms with E-state index in [9.17, 15) is 14.0 Å². The van der Waals surface area contributed by atoms with Crippen LogP contribution < -0.4 is 5.32 Å². The Labute approximate surface area is 174 Å². The summed E-state index contributed by atoms with van der Waals surface area (Å²) in [5, 5.41) is 3.29. The lowest BCUT2D eigenvalue weighted by atomic mass is 10.1. The van der Waals surface area contributed by atoms with Crippen LogP contribution >= 0.6 is 23.4 Å². The standard InChI is InChI=1S/C21H24ClFN2O2S/c1-3-19(21(27)24-2)25(12-15-8-10-17(23)11-9-15)20(26)14-28-13-16-6-4-5-7-18(16)22/h4-11,19H,3,12-14H2,1-2H3,(H,24,27). The summed E-state index contributed by atoms with van der Waals surface area (Å²) in [6.45, 7) is 2.11. The molecule has 0 aliphatic heterocycles. The summed E-state index contributed by atoms with van der Waals surface area (Å²) in [6.07, 6.45) is 0.488. The second-order valence-corrected chi connectivity index (χ2v) is 7.66. The predicted molar refractivity (Wildman–Crippen MR) is 113 cm³/mol. The topological polar surface area (TPSA) is 49.4 Å². The van der Waals surface area contributed by atoms with Crippen molar-refractivity contribution >= 4 is 35.2 Å². The molecule has 0 aliphatic carbocycles. The first-order valence-electron chi connectivity index (χ1n) is 9.03. The largest absolute Gasteiger partial charge is 0.357 e. The van der Waals surface area contributed by atoms with Crippen molar-refractivity contribution in [2.24, 2.45) is 0 Å². The number of halogens is 2. The number of likely N-dealkylation sites (N-methyl/N-ethyl adjacent to an activating group) is 1. The number of nitrogens with one attached hydrogen (secondary N) is 1. The number of carbonyl (C=O) groups excluding carboxylic acids is 2. The van der Waals surface area contributed by atoms with E-state index in [1.54, 1.807) is 24.1 Å². The summed E-state index contributed by atoms with van der Waals surface area (Å²) < 4.78 is 13.2. The Morgan fingerprint density at radius 1 is 1.18 bits per heavy atom. The van der Waals surface area contributed by atoms with Crippen LogP contribution in [0.3, 0.4) is 0 Å². The Kier molecular flexibility index (Phi) is 8.80. The van der Waals surface area contributed by atoms with E-state index in [1.807, 2.05) is 31.2 Å². The molecule has 0 heterocycles. The molecule has 2 aromatic carbocycles. The van der Waals surface area contributed by atoms with Crippen molar-refractivity contribution in [3.63, 3.8) is 0 Å². The third-order valence-corrected chi connectivity index (χ3v) is 5.67. The Balaban J connectivity index is 2.10. The Hall–Kier alpha value is -2.05. The second-order valence-electron chi connectivity index (χ2n) is 6.27. The molecule has 0 fully saturated rings. The van der Waals surface area contributed by atoms with Gasteiger partial charge in [0.15, 0.2) is 0 Å². The van der Waals surface area contributed by atoms with Crippen molar-refractivity contribution < 1.29 is 14.0 Å². The molecule has 0 aromatic heterocycles. The Morgan fingerprint density at radius 3 is 2.46 bits per heavy atom. The van der Waals surface area contributed by atoms with Crippen molar-refractivity contribution in [2.45, 2.75) is 31.7 Å². The third kappa shape index (κ3) is 6.24. The van der Waals surface area contributed by atoms with E-state index in [-0.39, 0.29) is 29.9 Å². The molecule has 2 rings (SSSR count). The lowest BCUT2D eigenvalue weighted by Crippen LogP contribution is -2.48. The van der Waals surface area contributed by atoms with Crippen molar-refractivity contribution in [1.82, 2.24) is 10.2 Å². The zero-order valence-corrected chi connectivity index (χ0v) is 17.5. The monoisotopic (exact) mass is 422 g/mol. The number of amides is 2. The average molecular weight is 423 g/mol. The molecule has 0 aliphatic rings. The van der Waals surface area contributed by atoms with E-state index in [4.69, 9.17) is 11.6 Å². The SMILES string of the molecule is CCC(C(=O)NC)N(Cc1ccc(F)cc1)C(=O)CSCc1ccccc1Cl. The van der Waals surface area contributed by atoms with E-state index < -0.39 is 6.04 Å². The van der Waals surface area contributed by atoms with E-state index >= 15 is 0 Å². The maximum absolute atomic E-state index is 13.2. The number of carbonyl (C=O) groups is 2. The maximum atomic E-state index is 13.2. The molecule has 0 radical (unpaired) electrons. The number of rotatable bonds is 9. The fraction of sp³-hybridized carbons (Fsp3) is 0.333. The summed E-state index contributed by atoms with van der Waals surface area (Å²) in [5.41, 5.74) is 1.73. The van der Waals surface area contributed by atoms with Gasteiger partial charge in [0, 0.05) is 24.4 Å². The van der Waals surface area contributed by atoms with E-state index in [2.05, 4.69) is 5.32 Å². The van der Waals surface area contributed by atoms with Gasteiger partial charge in [-0.05, 0) is 35.7 Å². The molecule has 0 saturated heterocycles. The summed E-state index contributed by atoms with van der Waals surface area (Å²) >= 11 is 7.61. The van der Waals surface area contributed by atoms with Gasteiger partial charge < -0.3 is 10.2 Å². The molecule has 2 amide bonds. The van der Waals surface area contributed by atoms with Crippen LogP contribution in [0.15, 0.2) is 48.5 Å². The van der Waals surface area contributed by atoms with Crippen molar-refractivity contribution in [1.29, 1.82) is 0 Å². The number of hydrogen-bond acceptors (Lipinski definition) is 3. The molecule has 0 bridgehead atoms. The highest BCUT2D eigenvalue weighted by molar-refractivity contribution is 7.99. The molecular weight excluding hydrogens is 399 g/mol. The van der Waals surface area contributed by atoms with E-state index in [0.717, 1.165) is 11.1 Å². The molecule has 7 heteroatoms. The van der Waals surface area contributed by atoms with Crippen LogP contribution in [-0.4, -0.2) is 35.6 Å². The molecular formula is C21H24ClFN2O2S. The minimum atomic E-state index is -0.580. The smallest absolute Gasteiger partial charge is 0.242 e. The highest BCUT2D eigenvalue weighted by atomic mass is 35.5. The number of hydrogen-bond donors (Lipinski definition) is 1. The van der Waals surface area contributed by atoms with Gasteiger partial charge in [-0.25, -0.2) is 4.39 Å². The van der Waals surface area contributed by atoms with E-state index in [1.165, 1.54) is 23.9 Å². The Morgan fingerprint density at radius 2 is 1.86 bits per heavy atom. The zero-order chi connectivity index (χ0) is 20.5. The van der Waals surface area contributed by atoms with Crippen LogP contribution in [-0.2, 0) is 21.9 Å². The first kappa shape index (κ1) is 22.2. The van der Waals surface area contributed by atoms with Crippen LogP contribution in [0.1, 0.15) is 24.5 Å². The van der Waals surface area contributed by atoms with Crippen molar-refractivity contribution in [2.75, 3.05) is 12.8 Å². The fourth-order valence-electron chi connectivity index (χ4n) is 2.82. The van der Waals surface area contributed by atoms with Crippen LogP contribution in [0, 0.1) is 5.82 Å². The summed E-state index contributed by atoms with van der Waals surface area (Å²) in [5.74, 6) is 0.133. The zero-order valence-electron chi connectivity index (χ0n) is 16.0. The van der Waals surface area contributed by atoms with Crippen LogP contribution in [0.25, 0.3) is 0 Å². The summed E-state index contributed by atoms with van der Waals surface area (Å²) in [4.78, 5) is 26.8. The number of benzene rings is 2. The van der Waals surface area contributed by atoms with Crippen molar-refractivity contribution in [3.8, 4) is 0 Å². The lowest BCUT2D eigenvalue weighted by molar-refractivity contribution is -0.139. The molecule has 150 valence electrons. The van der Waals surface area contributed by atoms with Gasteiger partial charge in [-0.2, -0.15) is 0 Å². The van der Waals surface area contributed by atoms with Gasteiger partial charge in [-0.3, -0.25) is 9.59 Å². The lowest BCUT2D eigenvalue weighted by Gasteiger charge is -2.30. The second kappa shape index (κ2) is 11.1. The first-order valence-corrected chi connectivity index (χ1v) is 10.6. The minimum absolute atomic E-state index is 0.142. The number of thioether (sulfide) groups is 1. The van der Waals surface area contributed by atoms with Gasteiger partial charge in [-0.15, -0.1) is 11.8 Å². The van der Waals surface area contributed by atoms with Gasteiger partial charge >= 0.3 is 0 Å². The Bertz CT molecular complexity index is 801. The van der Waals surface area contributed by atoms with Crippen LogP contribution in [0.4, 0.5) is 4.39 Å². The first-order chi connectivity index (χ1) is 13.5.